The Morgan fingerprint density at radius 3 is 2.35 bits per heavy atom. The highest BCUT2D eigenvalue weighted by Crippen LogP contribution is 2.29. The van der Waals surface area contributed by atoms with E-state index in [-0.39, 0.29) is 55.5 Å². The fourth-order valence-corrected chi connectivity index (χ4v) is 5.02. The molecule has 0 aromatic heterocycles. The predicted octanol–water partition coefficient (Wildman–Crippen LogP) is 1.88. The fraction of sp³-hybridized carbons (Fsp3) is 0.391. The number of methoxy groups -OCH3 is 1. The van der Waals surface area contributed by atoms with Crippen molar-refractivity contribution in [3.63, 3.8) is 0 Å². The molecule has 0 saturated carbocycles. The summed E-state index contributed by atoms with van der Waals surface area (Å²) >= 11 is 0. The van der Waals surface area contributed by atoms with Crippen molar-refractivity contribution < 1.29 is 31.9 Å². The molecule has 2 amide bonds. The van der Waals surface area contributed by atoms with Crippen LogP contribution in [0.5, 0.6) is 11.5 Å². The van der Waals surface area contributed by atoms with Gasteiger partial charge in [-0.15, -0.1) is 0 Å². The molecule has 3 rings (SSSR count). The normalized spacial score (nSPS) is 14.7. The Labute approximate surface area is 198 Å². The van der Waals surface area contributed by atoms with Crippen LogP contribution in [0.4, 0.5) is 4.39 Å². The third-order valence-corrected chi connectivity index (χ3v) is 7.13. The molecule has 1 aliphatic heterocycles. The Hall–Kier alpha value is -3.18. The zero-order valence-electron chi connectivity index (χ0n) is 19.3. The molecule has 0 aliphatic carbocycles. The van der Waals surface area contributed by atoms with Crippen molar-refractivity contribution in [1.82, 2.24) is 14.5 Å². The van der Waals surface area contributed by atoms with Crippen LogP contribution in [0, 0.1) is 5.82 Å². The van der Waals surface area contributed by atoms with Gasteiger partial charge in [-0.2, -0.15) is 4.31 Å². The minimum absolute atomic E-state index is 0.0137. The average molecular weight is 494 g/mol. The standard InChI is InChI=1S/C23H28FN3O6S/c1-16(2)25-22(28)15-33-19-9-8-17(14-20(19)32-3)23(29)26-10-12-27(13-11-26)34(30,31)21-7-5-4-6-18(21)24/h4-9,14,16H,10-13,15H2,1-3H3,(H,25,28). The highest BCUT2D eigenvalue weighted by molar-refractivity contribution is 7.89. The number of carbonyl (C=O) groups excluding carboxylic acids is 2. The number of hydrogen-bond donors (Lipinski definition) is 1. The first kappa shape index (κ1) is 25.4. The third kappa shape index (κ3) is 5.84. The molecule has 1 aliphatic rings. The van der Waals surface area contributed by atoms with Crippen LogP contribution in [0.1, 0.15) is 24.2 Å². The van der Waals surface area contributed by atoms with Crippen LogP contribution < -0.4 is 14.8 Å². The number of ether oxygens (including phenoxy) is 2. The van der Waals surface area contributed by atoms with Crippen LogP contribution in [0.3, 0.4) is 0 Å². The molecular weight excluding hydrogens is 465 g/mol. The first-order valence-corrected chi connectivity index (χ1v) is 12.2. The van der Waals surface area contributed by atoms with Gasteiger partial charge in [-0.1, -0.05) is 12.1 Å². The lowest BCUT2D eigenvalue weighted by Gasteiger charge is -2.34. The maximum Gasteiger partial charge on any atom is 0.258 e. The number of hydrogen-bond acceptors (Lipinski definition) is 6. The molecule has 0 bridgehead atoms. The highest BCUT2D eigenvalue weighted by atomic mass is 32.2. The van der Waals surface area contributed by atoms with E-state index in [1.807, 2.05) is 13.8 Å². The quantitative estimate of drug-likeness (QED) is 0.602. The number of halogens is 1. The number of nitrogens with zero attached hydrogens (tertiary/aromatic N) is 2. The Morgan fingerprint density at radius 2 is 1.74 bits per heavy atom. The van der Waals surface area contributed by atoms with Crippen molar-refractivity contribution in [3.05, 3.63) is 53.8 Å². The first-order chi connectivity index (χ1) is 16.1. The van der Waals surface area contributed by atoms with Gasteiger partial charge in [0.25, 0.3) is 11.8 Å². The summed E-state index contributed by atoms with van der Waals surface area (Å²) in [5.74, 6) is -0.773. The topological polar surface area (TPSA) is 105 Å². The molecular formula is C23H28FN3O6S. The number of carbonyl (C=O) groups is 2. The number of benzene rings is 2. The van der Waals surface area contributed by atoms with E-state index in [2.05, 4.69) is 5.32 Å². The lowest BCUT2D eigenvalue weighted by Crippen LogP contribution is -2.50. The van der Waals surface area contributed by atoms with Crippen molar-refractivity contribution in [2.75, 3.05) is 39.9 Å². The van der Waals surface area contributed by atoms with Crippen LogP contribution in [0.25, 0.3) is 0 Å². The maximum atomic E-state index is 14.0. The minimum atomic E-state index is -3.99. The van der Waals surface area contributed by atoms with Crippen LogP contribution in [0.2, 0.25) is 0 Å². The van der Waals surface area contributed by atoms with Gasteiger partial charge in [0.2, 0.25) is 10.0 Å². The average Bonchev–Trinajstić information content (AvgIpc) is 2.82. The van der Waals surface area contributed by atoms with Crippen molar-refractivity contribution in [2.24, 2.45) is 0 Å². The molecule has 11 heteroatoms. The summed E-state index contributed by atoms with van der Waals surface area (Å²) in [5, 5.41) is 2.72. The smallest absolute Gasteiger partial charge is 0.258 e. The van der Waals surface area contributed by atoms with E-state index in [9.17, 15) is 22.4 Å². The SMILES string of the molecule is COc1cc(C(=O)N2CCN(S(=O)(=O)c3ccccc3F)CC2)ccc1OCC(=O)NC(C)C. The molecule has 9 nitrogen and oxygen atoms in total. The van der Waals surface area contributed by atoms with Crippen molar-refractivity contribution in [3.8, 4) is 11.5 Å². The molecule has 0 spiro atoms. The highest BCUT2D eigenvalue weighted by Gasteiger charge is 2.32. The van der Waals surface area contributed by atoms with Gasteiger partial charge < -0.3 is 19.7 Å². The summed E-state index contributed by atoms with van der Waals surface area (Å²) in [6.07, 6.45) is 0. The van der Waals surface area contributed by atoms with Crippen LogP contribution in [0.15, 0.2) is 47.4 Å². The monoisotopic (exact) mass is 493 g/mol. The number of nitrogens with one attached hydrogen (secondary N) is 1. The molecule has 1 saturated heterocycles. The Balaban J connectivity index is 1.64. The molecule has 2 aromatic rings. The first-order valence-electron chi connectivity index (χ1n) is 10.8. The maximum absolute atomic E-state index is 14.0. The molecule has 184 valence electrons. The molecule has 0 radical (unpaired) electrons. The number of amides is 2. The van der Waals surface area contributed by atoms with E-state index in [4.69, 9.17) is 9.47 Å². The summed E-state index contributed by atoms with van der Waals surface area (Å²) in [6, 6.07) is 9.83. The lowest BCUT2D eigenvalue weighted by molar-refractivity contribution is -0.123. The number of sulfonamides is 1. The van der Waals surface area contributed by atoms with Crippen LogP contribution in [-0.4, -0.2) is 75.4 Å². The van der Waals surface area contributed by atoms with Gasteiger partial charge in [0.15, 0.2) is 18.1 Å². The number of rotatable bonds is 8. The molecule has 1 fully saturated rings. The summed E-state index contributed by atoms with van der Waals surface area (Å²) in [6.45, 7) is 3.89. The van der Waals surface area contributed by atoms with Crippen LogP contribution >= 0.6 is 0 Å². The van der Waals surface area contributed by atoms with E-state index in [0.29, 0.717) is 17.1 Å². The second-order valence-corrected chi connectivity index (χ2v) is 9.91. The van der Waals surface area contributed by atoms with E-state index in [1.165, 1.54) is 40.6 Å². The zero-order chi connectivity index (χ0) is 24.9. The van der Waals surface area contributed by atoms with Gasteiger partial charge in [-0.3, -0.25) is 9.59 Å². The number of piperazine rings is 1. The molecule has 0 atom stereocenters. The molecule has 1 N–H and O–H groups in total. The van der Waals surface area contributed by atoms with Gasteiger partial charge in [-0.05, 0) is 44.2 Å². The Bertz CT molecular complexity index is 1150. The van der Waals surface area contributed by atoms with Crippen molar-refractivity contribution >= 4 is 21.8 Å². The summed E-state index contributed by atoms with van der Waals surface area (Å²) < 4.78 is 51.5. The van der Waals surface area contributed by atoms with Crippen molar-refractivity contribution in [2.45, 2.75) is 24.8 Å². The van der Waals surface area contributed by atoms with Crippen LogP contribution in [-0.2, 0) is 14.8 Å². The second kappa shape index (κ2) is 10.8. The van der Waals surface area contributed by atoms with Gasteiger partial charge in [-0.25, -0.2) is 12.8 Å². The van der Waals surface area contributed by atoms with Gasteiger partial charge >= 0.3 is 0 Å². The summed E-state index contributed by atoms with van der Waals surface area (Å²) in [4.78, 5) is 25.9. The predicted molar refractivity (Wildman–Crippen MR) is 123 cm³/mol. The summed E-state index contributed by atoms with van der Waals surface area (Å²) in [5.41, 5.74) is 0.334. The lowest BCUT2D eigenvalue weighted by atomic mass is 10.1. The van der Waals surface area contributed by atoms with E-state index in [1.54, 1.807) is 12.1 Å². The molecule has 1 heterocycles. The van der Waals surface area contributed by atoms with Crippen molar-refractivity contribution in [1.29, 1.82) is 0 Å². The minimum Gasteiger partial charge on any atom is -0.493 e. The van der Waals surface area contributed by atoms with E-state index >= 15 is 0 Å². The largest absolute Gasteiger partial charge is 0.493 e. The van der Waals surface area contributed by atoms with E-state index < -0.39 is 15.8 Å². The molecule has 34 heavy (non-hydrogen) atoms. The van der Waals surface area contributed by atoms with Gasteiger partial charge in [0, 0.05) is 37.8 Å². The molecule has 0 unspecified atom stereocenters. The Kier molecular flexibility index (Phi) is 8.11. The fourth-order valence-electron chi connectivity index (χ4n) is 3.53. The third-order valence-electron chi connectivity index (χ3n) is 5.20. The Morgan fingerprint density at radius 1 is 1.06 bits per heavy atom. The van der Waals surface area contributed by atoms with E-state index in [0.717, 1.165) is 6.07 Å². The molecule has 2 aromatic carbocycles. The van der Waals surface area contributed by atoms with Gasteiger partial charge in [0.05, 0.1) is 7.11 Å². The second-order valence-electron chi connectivity index (χ2n) is 8.00. The summed E-state index contributed by atoms with van der Waals surface area (Å²) in [7, 11) is -2.57. The van der Waals surface area contributed by atoms with Gasteiger partial charge in [0.1, 0.15) is 10.7 Å². The zero-order valence-corrected chi connectivity index (χ0v) is 20.1.